The van der Waals surface area contributed by atoms with Gasteiger partial charge in [-0.25, -0.2) is 13.1 Å². The Balaban J connectivity index is 1.81. The molecule has 3 nitrogen and oxygen atoms in total. The van der Waals surface area contributed by atoms with Crippen molar-refractivity contribution in [3.8, 4) is 0 Å². The van der Waals surface area contributed by atoms with Crippen LogP contribution in [-0.4, -0.2) is 20.2 Å². The number of hydrogen-bond donors (Lipinski definition) is 1. The van der Waals surface area contributed by atoms with Gasteiger partial charge in [0.15, 0.2) is 0 Å². The largest absolute Gasteiger partial charge is 0.212 e. The molecule has 0 amide bonds. The van der Waals surface area contributed by atoms with E-state index in [1.54, 1.807) is 0 Å². The Bertz CT molecular complexity index is 1070. The molecule has 0 spiro atoms. The molecule has 0 heterocycles. The predicted molar refractivity (Wildman–Crippen MR) is 130 cm³/mol. The van der Waals surface area contributed by atoms with Crippen LogP contribution in [0.25, 0.3) is 0 Å². The molecule has 3 aromatic carbocycles. The molecule has 2 unspecified atom stereocenters. The fraction of sp³-hybridized carbons (Fsp3) is 0.308. The number of halogens is 1. The zero-order valence-electron chi connectivity index (χ0n) is 18.3. The van der Waals surface area contributed by atoms with Gasteiger partial charge in [0.05, 0.1) is 5.75 Å². The zero-order valence-corrected chi connectivity index (χ0v) is 19.8. The molecular formula is C26H30ClNO2S. The van der Waals surface area contributed by atoms with E-state index in [-0.39, 0.29) is 17.7 Å². The fourth-order valence-corrected chi connectivity index (χ4v) is 6.07. The topological polar surface area (TPSA) is 46.2 Å². The monoisotopic (exact) mass is 455 g/mol. The third-order valence-corrected chi connectivity index (χ3v) is 7.76. The molecule has 2 atom stereocenters. The van der Waals surface area contributed by atoms with E-state index in [0.717, 1.165) is 23.1 Å². The van der Waals surface area contributed by atoms with Gasteiger partial charge in [0, 0.05) is 22.4 Å². The van der Waals surface area contributed by atoms with Crippen molar-refractivity contribution in [2.24, 2.45) is 0 Å². The Morgan fingerprint density at radius 2 is 1.42 bits per heavy atom. The molecule has 0 aliphatic rings. The minimum atomic E-state index is -3.52. The molecule has 0 aliphatic heterocycles. The molecule has 0 saturated heterocycles. The van der Waals surface area contributed by atoms with E-state index < -0.39 is 15.4 Å². The normalized spacial score (nSPS) is 14.2. The molecule has 3 rings (SSSR count). The number of sulfonamides is 1. The minimum absolute atomic E-state index is 0.0192. The van der Waals surface area contributed by atoms with Crippen LogP contribution in [0.5, 0.6) is 0 Å². The van der Waals surface area contributed by atoms with Crippen molar-refractivity contribution in [1.82, 2.24) is 4.72 Å². The van der Waals surface area contributed by atoms with Crippen LogP contribution >= 0.6 is 11.6 Å². The highest BCUT2D eigenvalue weighted by Gasteiger charge is 2.31. The summed E-state index contributed by atoms with van der Waals surface area (Å²) in [4.78, 5) is 0. The quantitative estimate of drug-likeness (QED) is 0.433. The first-order valence-corrected chi connectivity index (χ1v) is 12.5. The van der Waals surface area contributed by atoms with Crippen LogP contribution in [-0.2, 0) is 21.9 Å². The zero-order chi connectivity index (χ0) is 22.5. The summed E-state index contributed by atoms with van der Waals surface area (Å²) in [6, 6.07) is 27.3. The summed E-state index contributed by atoms with van der Waals surface area (Å²) in [5.41, 5.74) is 2.73. The highest BCUT2D eigenvalue weighted by Crippen LogP contribution is 2.28. The molecule has 0 radical (unpaired) electrons. The summed E-state index contributed by atoms with van der Waals surface area (Å²) in [5.74, 6) is 0.00168. The third kappa shape index (κ3) is 6.67. The second kappa shape index (κ2) is 9.99. The molecular weight excluding hydrogens is 426 g/mol. The van der Waals surface area contributed by atoms with Crippen molar-refractivity contribution in [2.45, 2.75) is 44.6 Å². The Hall–Kier alpha value is -2.14. The Kier molecular flexibility index (Phi) is 7.58. The fourth-order valence-electron chi connectivity index (χ4n) is 4.02. The molecule has 0 fully saturated rings. The van der Waals surface area contributed by atoms with Gasteiger partial charge in [0.2, 0.25) is 10.0 Å². The SMILES string of the molecule is CC(NS(=O)(=O)CC(C)(C)c1ccccc1)C(Cc1ccccc1)c1ccc(Cl)cc1. The van der Waals surface area contributed by atoms with E-state index in [0.29, 0.717) is 5.02 Å². The first kappa shape index (κ1) is 23.5. The van der Waals surface area contributed by atoms with Crippen LogP contribution in [0, 0.1) is 0 Å². The first-order chi connectivity index (χ1) is 14.7. The van der Waals surface area contributed by atoms with Crippen LogP contribution in [0.1, 0.15) is 43.4 Å². The van der Waals surface area contributed by atoms with Crippen molar-refractivity contribution in [3.63, 3.8) is 0 Å². The summed E-state index contributed by atoms with van der Waals surface area (Å²) in [6.07, 6.45) is 0.730. The second-order valence-electron chi connectivity index (χ2n) is 8.76. The number of rotatable bonds is 9. The van der Waals surface area contributed by atoms with Gasteiger partial charge in [0.25, 0.3) is 0 Å². The highest BCUT2D eigenvalue weighted by atomic mass is 35.5. The number of nitrogens with one attached hydrogen (secondary N) is 1. The number of benzene rings is 3. The Labute approximate surface area is 191 Å². The lowest BCUT2D eigenvalue weighted by molar-refractivity contribution is 0.490. The lowest BCUT2D eigenvalue weighted by Gasteiger charge is -2.29. The van der Waals surface area contributed by atoms with Crippen LogP contribution in [0.2, 0.25) is 5.02 Å². The van der Waals surface area contributed by atoms with Gasteiger partial charge in [-0.15, -0.1) is 0 Å². The predicted octanol–water partition coefficient (Wildman–Crippen LogP) is 5.95. The maximum Gasteiger partial charge on any atom is 0.212 e. The molecule has 0 aliphatic carbocycles. The van der Waals surface area contributed by atoms with Crippen LogP contribution in [0.15, 0.2) is 84.9 Å². The average Bonchev–Trinajstić information content (AvgIpc) is 2.73. The van der Waals surface area contributed by atoms with Crippen molar-refractivity contribution >= 4 is 21.6 Å². The molecule has 31 heavy (non-hydrogen) atoms. The smallest absolute Gasteiger partial charge is 0.212 e. The highest BCUT2D eigenvalue weighted by molar-refractivity contribution is 7.89. The maximum atomic E-state index is 13.1. The van der Waals surface area contributed by atoms with E-state index in [9.17, 15) is 8.42 Å². The molecule has 1 N–H and O–H groups in total. The van der Waals surface area contributed by atoms with E-state index in [1.807, 2.05) is 93.6 Å². The van der Waals surface area contributed by atoms with Crippen LogP contribution in [0.3, 0.4) is 0 Å². The molecule has 0 bridgehead atoms. The summed E-state index contributed by atoms with van der Waals surface area (Å²) < 4.78 is 29.2. The van der Waals surface area contributed by atoms with Crippen molar-refractivity contribution < 1.29 is 8.42 Å². The van der Waals surface area contributed by atoms with Gasteiger partial charge in [-0.1, -0.05) is 98.2 Å². The number of hydrogen-bond acceptors (Lipinski definition) is 2. The molecule has 0 aromatic heterocycles. The Morgan fingerprint density at radius 3 is 2.00 bits per heavy atom. The van der Waals surface area contributed by atoms with E-state index >= 15 is 0 Å². The summed E-state index contributed by atoms with van der Waals surface area (Å²) in [5, 5.41) is 0.667. The second-order valence-corrected chi connectivity index (χ2v) is 11.0. The van der Waals surface area contributed by atoms with Gasteiger partial charge in [-0.3, -0.25) is 0 Å². The van der Waals surface area contributed by atoms with Gasteiger partial charge in [-0.05, 0) is 42.2 Å². The molecule has 3 aromatic rings. The lowest BCUT2D eigenvalue weighted by Crippen LogP contribution is -2.43. The van der Waals surface area contributed by atoms with E-state index in [2.05, 4.69) is 16.9 Å². The van der Waals surface area contributed by atoms with Gasteiger partial charge in [-0.2, -0.15) is 0 Å². The third-order valence-electron chi connectivity index (χ3n) is 5.67. The molecule has 5 heteroatoms. The van der Waals surface area contributed by atoms with Crippen LogP contribution in [0.4, 0.5) is 0 Å². The lowest BCUT2D eigenvalue weighted by atomic mass is 9.87. The van der Waals surface area contributed by atoms with Gasteiger partial charge < -0.3 is 0 Å². The van der Waals surface area contributed by atoms with Crippen LogP contribution < -0.4 is 4.72 Å². The van der Waals surface area contributed by atoms with E-state index in [4.69, 9.17) is 11.6 Å². The summed E-state index contributed by atoms with van der Waals surface area (Å²) >= 11 is 6.08. The van der Waals surface area contributed by atoms with Gasteiger partial charge in [0.1, 0.15) is 0 Å². The average molecular weight is 456 g/mol. The molecule has 164 valence electrons. The standard InChI is InChI=1S/C26H30ClNO2S/c1-20(28-31(29,30)19-26(2,3)23-12-8-5-9-13-23)25(18-21-10-6-4-7-11-21)22-14-16-24(27)17-15-22/h4-17,20,25,28H,18-19H2,1-3H3. The van der Waals surface area contributed by atoms with Crippen molar-refractivity contribution in [1.29, 1.82) is 0 Å². The first-order valence-electron chi connectivity index (χ1n) is 10.5. The van der Waals surface area contributed by atoms with Gasteiger partial charge >= 0.3 is 0 Å². The van der Waals surface area contributed by atoms with Crippen molar-refractivity contribution in [3.05, 3.63) is 107 Å². The van der Waals surface area contributed by atoms with Crippen molar-refractivity contribution in [2.75, 3.05) is 5.75 Å². The Morgan fingerprint density at radius 1 is 0.871 bits per heavy atom. The summed E-state index contributed by atoms with van der Waals surface area (Å²) in [7, 11) is -3.52. The molecule has 0 saturated carbocycles. The minimum Gasteiger partial charge on any atom is -0.212 e. The summed E-state index contributed by atoms with van der Waals surface area (Å²) in [6.45, 7) is 5.87. The maximum absolute atomic E-state index is 13.1. The van der Waals surface area contributed by atoms with E-state index in [1.165, 1.54) is 0 Å².